The fourth-order valence-electron chi connectivity index (χ4n) is 4.73. The van der Waals surface area contributed by atoms with Gasteiger partial charge >= 0.3 is 5.97 Å². The van der Waals surface area contributed by atoms with Crippen molar-refractivity contribution in [2.75, 3.05) is 0 Å². The molecular formula is C31H26N2O3. The number of carbonyl (C=O) groups is 1. The quantitative estimate of drug-likeness (QED) is 0.242. The Morgan fingerprint density at radius 2 is 1.53 bits per heavy atom. The molecule has 36 heavy (non-hydrogen) atoms. The molecule has 4 aromatic rings. The summed E-state index contributed by atoms with van der Waals surface area (Å²) in [4.78, 5) is 12.5. The first-order valence-corrected chi connectivity index (χ1v) is 12.1. The molecule has 0 spiro atoms. The summed E-state index contributed by atoms with van der Waals surface area (Å²) >= 11 is 0. The van der Waals surface area contributed by atoms with Gasteiger partial charge in [0.25, 0.3) is 0 Å². The highest BCUT2D eigenvalue weighted by molar-refractivity contribution is 6.02. The Labute approximate surface area is 210 Å². The van der Waals surface area contributed by atoms with E-state index in [1.54, 1.807) is 24.3 Å². The van der Waals surface area contributed by atoms with E-state index in [0.29, 0.717) is 11.3 Å². The highest BCUT2D eigenvalue weighted by atomic mass is 16.5. The first-order valence-electron chi connectivity index (χ1n) is 12.1. The number of hydrogen-bond donors (Lipinski definition) is 0. The van der Waals surface area contributed by atoms with Crippen LogP contribution in [0, 0.1) is 13.8 Å². The molecule has 2 aliphatic rings. The van der Waals surface area contributed by atoms with E-state index in [4.69, 9.17) is 14.6 Å². The van der Waals surface area contributed by atoms with Crippen LogP contribution < -0.4 is 9.47 Å². The molecule has 178 valence electrons. The lowest BCUT2D eigenvalue weighted by Crippen LogP contribution is -2.33. The van der Waals surface area contributed by atoms with Crippen molar-refractivity contribution in [3.8, 4) is 11.5 Å². The summed E-state index contributed by atoms with van der Waals surface area (Å²) in [5.74, 6) is 0.985. The molecule has 0 fully saturated rings. The lowest BCUT2D eigenvalue weighted by Gasteiger charge is -2.38. The van der Waals surface area contributed by atoms with Crippen LogP contribution in [-0.4, -0.2) is 16.7 Å². The summed E-state index contributed by atoms with van der Waals surface area (Å²) in [6.45, 7) is 4.07. The van der Waals surface area contributed by atoms with Gasteiger partial charge in [0.2, 0.25) is 6.23 Å². The second-order valence-corrected chi connectivity index (χ2v) is 9.35. The van der Waals surface area contributed by atoms with E-state index in [1.807, 2.05) is 49.4 Å². The highest BCUT2D eigenvalue weighted by Gasteiger charge is 2.40. The van der Waals surface area contributed by atoms with Gasteiger partial charge in [-0.1, -0.05) is 65.7 Å². The van der Waals surface area contributed by atoms with Gasteiger partial charge in [0, 0.05) is 17.5 Å². The molecule has 0 radical (unpaired) electrons. The van der Waals surface area contributed by atoms with E-state index in [-0.39, 0.29) is 18.2 Å². The van der Waals surface area contributed by atoms with Crippen LogP contribution in [0.5, 0.6) is 11.5 Å². The zero-order valence-electron chi connectivity index (χ0n) is 20.2. The van der Waals surface area contributed by atoms with Crippen LogP contribution in [0.4, 0.5) is 0 Å². The predicted molar refractivity (Wildman–Crippen MR) is 139 cm³/mol. The summed E-state index contributed by atoms with van der Waals surface area (Å²) in [5, 5.41) is 7.08. The number of para-hydroxylation sites is 1. The Morgan fingerprint density at radius 1 is 0.861 bits per heavy atom. The fourth-order valence-corrected chi connectivity index (χ4v) is 4.73. The molecule has 0 amide bonds. The smallest absolute Gasteiger partial charge is 0.343 e. The Morgan fingerprint density at radius 3 is 2.25 bits per heavy atom. The van der Waals surface area contributed by atoms with E-state index in [1.165, 1.54) is 5.56 Å². The number of nitrogens with zero attached hydrogens (tertiary/aromatic N) is 2. The summed E-state index contributed by atoms with van der Waals surface area (Å²) < 4.78 is 12.0. The van der Waals surface area contributed by atoms with Gasteiger partial charge in [-0.3, -0.25) is 0 Å². The number of hydrogen-bond acceptors (Lipinski definition) is 5. The first kappa shape index (κ1) is 22.1. The fraction of sp³-hybridized carbons (Fsp3) is 0.161. The van der Waals surface area contributed by atoms with Gasteiger partial charge in [0.05, 0.1) is 17.3 Å². The molecule has 0 bridgehead atoms. The average molecular weight is 475 g/mol. The van der Waals surface area contributed by atoms with Gasteiger partial charge in [-0.05, 0) is 61.9 Å². The van der Waals surface area contributed by atoms with Crippen LogP contribution in [0.2, 0.25) is 0 Å². The SMILES string of the molecule is Cc1ccc(C(=O)Oc2ccc([C@@H]3Oc4ccccc4[C@H]4CC(c5ccc(C)cc5)=NN43)cc2)cc1. The van der Waals surface area contributed by atoms with E-state index in [0.717, 1.165) is 40.1 Å². The highest BCUT2D eigenvalue weighted by Crippen LogP contribution is 2.47. The van der Waals surface area contributed by atoms with Gasteiger partial charge in [0.15, 0.2) is 0 Å². The number of carbonyl (C=O) groups excluding carboxylic acids is 1. The Kier molecular flexibility index (Phi) is 5.53. The standard InChI is InChI=1S/C31H26N2O3/c1-20-7-11-22(12-8-20)27-19-28-26-5-3-4-6-29(26)36-30(33(28)32-27)23-15-17-25(18-16-23)35-31(34)24-13-9-21(2)10-14-24/h3-18,28,30H,19H2,1-2H3/t28-,30+/m1/s1. The normalized spacial score (nSPS) is 18.1. The monoisotopic (exact) mass is 474 g/mol. The third-order valence-electron chi connectivity index (χ3n) is 6.75. The molecule has 2 heterocycles. The minimum absolute atomic E-state index is 0.0929. The molecule has 2 aliphatic heterocycles. The van der Waals surface area contributed by atoms with Crippen LogP contribution >= 0.6 is 0 Å². The minimum Gasteiger partial charge on any atom is -0.464 e. The maximum absolute atomic E-state index is 12.5. The zero-order valence-corrected chi connectivity index (χ0v) is 20.2. The van der Waals surface area contributed by atoms with Crippen LogP contribution in [-0.2, 0) is 0 Å². The Hall–Kier alpha value is -4.38. The van der Waals surface area contributed by atoms with Crippen molar-refractivity contribution in [3.05, 3.63) is 130 Å². The molecule has 0 saturated carbocycles. The molecular weight excluding hydrogens is 448 g/mol. The molecule has 0 N–H and O–H groups in total. The average Bonchev–Trinajstić information content (AvgIpc) is 3.35. The van der Waals surface area contributed by atoms with Crippen molar-refractivity contribution in [1.29, 1.82) is 0 Å². The largest absolute Gasteiger partial charge is 0.464 e. The van der Waals surface area contributed by atoms with Crippen molar-refractivity contribution < 1.29 is 14.3 Å². The number of ether oxygens (including phenoxy) is 2. The molecule has 0 aliphatic carbocycles. The number of aryl methyl sites for hydroxylation is 2. The summed E-state index contributed by atoms with van der Waals surface area (Å²) in [5.41, 5.74) is 7.11. The van der Waals surface area contributed by atoms with Gasteiger partial charge in [-0.15, -0.1) is 0 Å². The molecule has 6 rings (SSSR count). The van der Waals surface area contributed by atoms with Crippen LogP contribution in [0.3, 0.4) is 0 Å². The lowest BCUT2D eigenvalue weighted by molar-refractivity contribution is -0.0190. The summed E-state index contributed by atoms with van der Waals surface area (Å²) in [6.07, 6.45) is 0.432. The van der Waals surface area contributed by atoms with E-state index < -0.39 is 0 Å². The van der Waals surface area contributed by atoms with E-state index in [9.17, 15) is 4.79 Å². The maximum Gasteiger partial charge on any atom is 0.343 e. The van der Waals surface area contributed by atoms with Crippen molar-refractivity contribution in [3.63, 3.8) is 0 Å². The van der Waals surface area contributed by atoms with Crippen LogP contribution in [0.1, 0.15) is 56.9 Å². The number of hydrazone groups is 1. The van der Waals surface area contributed by atoms with Crippen molar-refractivity contribution in [2.45, 2.75) is 32.5 Å². The van der Waals surface area contributed by atoms with E-state index >= 15 is 0 Å². The van der Waals surface area contributed by atoms with Crippen LogP contribution in [0.15, 0.2) is 102 Å². The third kappa shape index (κ3) is 4.13. The Bertz CT molecular complexity index is 1440. The number of fused-ring (bicyclic) bond motifs is 3. The minimum atomic E-state index is -0.380. The van der Waals surface area contributed by atoms with E-state index in [2.05, 4.69) is 42.3 Å². The third-order valence-corrected chi connectivity index (χ3v) is 6.75. The zero-order chi connectivity index (χ0) is 24.6. The summed E-state index contributed by atoms with van der Waals surface area (Å²) in [7, 11) is 0. The van der Waals surface area contributed by atoms with Crippen molar-refractivity contribution in [1.82, 2.24) is 5.01 Å². The Balaban J connectivity index is 1.28. The van der Waals surface area contributed by atoms with Gasteiger partial charge in [-0.2, -0.15) is 5.10 Å². The van der Waals surface area contributed by atoms with Gasteiger partial charge in [0.1, 0.15) is 11.5 Å². The van der Waals surface area contributed by atoms with Gasteiger partial charge < -0.3 is 9.47 Å². The number of rotatable bonds is 4. The van der Waals surface area contributed by atoms with Crippen molar-refractivity contribution >= 4 is 11.7 Å². The molecule has 0 aromatic heterocycles. The maximum atomic E-state index is 12.5. The second-order valence-electron chi connectivity index (χ2n) is 9.35. The molecule has 0 saturated heterocycles. The lowest BCUT2D eigenvalue weighted by atomic mass is 9.95. The molecule has 5 nitrogen and oxygen atoms in total. The molecule has 2 atom stereocenters. The topological polar surface area (TPSA) is 51.1 Å². The predicted octanol–water partition coefficient (Wildman–Crippen LogP) is 6.76. The number of benzene rings is 4. The van der Waals surface area contributed by atoms with Crippen molar-refractivity contribution in [2.24, 2.45) is 5.10 Å². The first-order chi connectivity index (χ1) is 17.5. The molecule has 4 aromatic carbocycles. The molecule has 5 heteroatoms. The van der Waals surface area contributed by atoms with Gasteiger partial charge in [-0.25, -0.2) is 9.80 Å². The number of esters is 1. The van der Waals surface area contributed by atoms with Crippen LogP contribution in [0.25, 0.3) is 0 Å². The molecule has 0 unspecified atom stereocenters. The summed E-state index contributed by atoms with van der Waals surface area (Å²) in [6, 6.07) is 31.6. The second kappa shape index (κ2) is 9.00.